The van der Waals surface area contributed by atoms with Crippen molar-refractivity contribution in [3.8, 4) is 44.9 Å². The minimum atomic E-state index is -0.736. The molecule has 3 nitrogen and oxygen atoms in total. The highest BCUT2D eigenvalue weighted by Gasteiger charge is 2.53. The van der Waals surface area contributed by atoms with Crippen molar-refractivity contribution in [1.29, 1.82) is 0 Å². The Morgan fingerprint density at radius 3 is 1.43 bits per heavy atom. The molecule has 3 heteroatoms. The molecule has 13 aromatic carbocycles. The number of anilines is 3. The second-order valence-corrected chi connectivity index (χ2v) is 19.8. The van der Waals surface area contributed by atoms with Gasteiger partial charge in [-0.05, 0) is 125 Å². The summed E-state index contributed by atoms with van der Waals surface area (Å²) in [7, 11) is 0. The first-order chi connectivity index (χ1) is 36.7. The number of ether oxygens (including phenoxy) is 1. The molecule has 0 amide bonds. The van der Waals surface area contributed by atoms with Crippen molar-refractivity contribution < 1.29 is 9.15 Å². The van der Waals surface area contributed by atoms with E-state index in [1.807, 2.05) is 12.1 Å². The van der Waals surface area contributed by atoms with Gasteiger partial charge in [0, 0.05) is 55.8 Å². The minimum absolute atomic E-state index is 0.736. The van der Waals surface area contributed by atoms with Gasteiger partial charge in [0.2, 0.25) is 0 Å². The van der Waals surface area contributed by atoms with Crippen molar-refractivity contribution in [1.82, 2.24) is 0 Å². The van der Waals surface area contributed by atoms with Crippen molar-refractivity contribution in [2.75, 3.05) is 4.90 Å². The highest BCUT2D eigenvalue weighted by atomic mass is 16.5. The normalized spacial score (nSPS) is 13.1. The Kier molecular flexibility index (Phi) is 8.66. The maximum atomic E-state index is 7.60. The number of hydrogen-bond acceptors (Lipinski definition) is 3. The minimum Gasteiger partial charge on any atom is -0.456 e. The molecule has 0 bridgehead atoms. The van der Waals surface area contributed by atoms with Gasteiger partial charge in [-0.2, -0.15) is 0 Å². The first kappa shape index (κ1) is 41.0. The zero-order valence-corrected chi connectivity index (χ0v) is 40.1. The SMILES string of the molecule is c1ccc(-c2ccc(N(c3cccc(-c4ccc5c(c4)-c4ccccc4C54c5c(c6ccccc6c6ccccc56)Oc5c4c4ccccc4c4ccccc54)c3)c3ccc4c(c3)oc3ccccc34)cc2)cc1. The van der Waals surface area contributed by atoms with Crippen LogP contribution in [0.4, 0.5) is 17.1 Å². The van der Waals surface area contributed by atoms with Gasteiger partial charge >= 0.3 is 0 Å². The van der Waals surface area contributed by atoms with Gasteiger partial charge in [-0.15, -0.1) is 0 Å². The van der Waals surface area contributed by atoms with E-state index in [0.29, 0.717) is 0 Å². The summed E-state index contributed by atoms with van der Waals surface area (Å²) in [5.41, 5.74) is 16.1. The lowest BCUT2D eigenvalue weighted by molar-refractivity contribution is 0.451. The second kappa shape index (κ2) is 15.6. The summed E-state index contributed by atoms with van der Waals surface area (Å²) >= 11 is 0. The molecule has 74 heavy (non-hydrogen) atoms. The van der Waals surface area contributed by atoms with Crippen molar-refractivity contribution in [3.05, 3.63) is 283 Å². The van der Waals surface area contributed by atoms with Crippen LogP contribution in [0.15, 0.2) is 265 Å². The van der Waals surface area contributed by atoms with Crippen LogP contribution in [0.1, 0.15) is 22.3 Å². The van der Waals surface area contributed by atoms with E-state index in [4.69, 9.17) is 9.15 Å². The van der Waals surface area contributed by atoms with Crippen LogP contribution in [-0.2, 0) is 5.41 Å². The molecule has 0 radical (unpaired) electrons. The highest BCUT2D eigenvalue weighted by molar-refractivity contribution is 6.19. The topological polar surface area (TPSA) is 25.6 Å². The maximum absolute atomic E-state index is 7.60. The van der Waals surface area contributed by atoms with E-state index < -0.39 is 5.41 Å². The van der Waals surface area contributed by atoms with Gasteiger partial charge < -0.3 is 14.1 Å². The van der Waals surface area contributed by atoms with Crippen LogP contribution in [-0.4, -0.2) is 0 Å². The first-order valence-electron chi connectivity index (χ1n) is 25.5. The summed E-state index contributed by atoms with van der Waals surface area (Å²) < 4.78 is 14.1. The summed E-state index contributed by atoms with van der Waals surface area (Å²) in [4.78, 5) is 2.35. The van der Waals surface area contributed by atoms with Gasteiger partial charge in [-0.1, -0.05) is 206 Å². The zero-order chi connectivity index (χ0) is 48.5. The number of fused-ring (bicyclic) bond motifs is 22. The number of benzene rings is 13. The Labute approximate surface area is 427 Å². The third kappa shape index (κ3) is 5.72. The quantitative estimate of drug-likeness (QED) is 0.161. The molecule has 0 saturated heterocycles. The van der Waals surface area contributed by atoms with E-state index >= 15 is 0 Å². The maximum Gasteiger partial charge on any atom is 0.140 e. The lowest BCUT2D eigenvalue weighted by Crippen LogP contribution is -2.33. The molecule has 0 saturated carbocycles. The molecule has 344 valence electrons. The Morgan fingerprint density at radius 1 is 0.270 bits per heavy atom. The molecule has 1 aliphatic carbocycles. The van der Waals surface area contributed by atoms with Crippen LogP contribution in [0.3, 0.4) is 0 Å². The largest absolute Gasteiger partial charge is 0.456 e. The summed E-state index contributed by atoms with van der Waals surface area (Å²) in [5, 5.41) is 11.6. The zero-order valence-electron chi connectivity index (χ0n) is 40.1. The fourth-order valence-electron chi connectivity index (χ4n) is 13.0. The third-order valence-electron chi connectivity index (χ3n) is 16.1. The molecule has 0 unspecified atom stereocenters. The smallest absolute Gasteiger partial charge is 0.140 e. The van der Waals surface area contributed by atoms with Crippen molar-refractivity contribution in [2.45, 2.75) is 5.41 Å². The van der Waals surface area contributed by atoms with Crippen LogP contribution >= 0.6 is 0 Å². The van der Waals surface area contributed by atoms with E-state index in [1.54, 1.807) is 0 Å². The summed E-state index contributed by atoms with van der Waals surface area (Å²) in [6.07, 6.45) is 0. The van der Waals surface area contributed by atoms with Crippen molar-refractivity contribution in [2.24, 2.45) is 0 Å². The van der Waals surface area contributed by atoms with Gasteiger partial charge in [0.25, 0.3) is 0 Å². The molecule has 14 aromatic rings. The third-order valence-corrected chi connectivity index (χ3v) is 16.1. The Hall–Kier alpha value is -9.70. The second-order valence-electron chi connectivity index (χ2n) is 19.8. The molecule has 2 heterocycles. The van der Waals surface area contributed by atoms with Crippen molar-refractivity contribution in [3.63, 3.8) is 0 Å². The summed E-state index contributed by atoms with van der Waals surface area (Å²) in [5.74, 6) is 1.84. The lowest BCUT2D eigenvalue weighted by atomic mass is 9.63. The fourth-order valence-corrected chi connectivity index (χ4v) is 13.0. The predicted octanol–water partition coefficient (Wildman–Crippen LogP) is 19.5. The summed E-state index contributed by atoms with van der Waals surface area (Å²) in [6, 6.07) is 95.2. The van der Waals surface area contributed by atoms with Crippen LogP contribution in [0.25, 0.3) is 98.4 Å². The fraction of sp³-hybridized carbons (Fsp3) is 0.0141. The Bertz CT molecular complexity index is 4520. The number of nitrogens with zero attached hydrogens (tertiary/aromatic N) is 1. The van der Waals surface area contributed by atoms with Gasteiger partial charge in [-0.25, -0.2) is 0 Å². The molecule has 1 aromatic heterocycles. The van der Waals surface area contributed by atoms with Gasteiger partial charge in [-0.3, -0.25) is 0 Å². The highest BCUT2D eigenvalue weighted by Crippen LogP contribution is 2.67. The lowest BCUT2D eigenvalue weighted by Gasteiger charge is -2.42. The number of para-hydroxylation sites is 1. The molecule has 0 N–H and O–H groups in total. The standard InChI is InChI=1S/C71H43NO2/c1-2-17-44(18-3-1)45-33-36-48(37-34-45)72(50-38-39-57-56-26-13-15-32-65(56)73-66(57)43-50)49-20-16-19-46(41-49)47-35-40-64-62(42-47)55-25-12-14-31-63(55)71(64)67-58-27-8-4-21-51(58)53-23-6-10-29-60(53)69(67)74-70-61-30-11-7-24-54(61)52-22-5-9-28-59(52)68(70)71/h1-43H. The molecule has 16 rings (SSSR count). The van der Waals surface area contributed by atoms with Crippen LogP contribution < -0.4 is 9.64 Å². The molecular weight excluding hydrogens is 899 g/mol. The van der Waals surface area contributed by atoms with E-state index in [1.165, 1.54) is 76.8 Å². The first-order valence-corrected chi connectivity index (χ1v) is 25.5. The number of furan rings is 1. The Balaban J connectivity index is 0.931. The number of hydrogen-bond donors (Lipinski definition) is 0. The van der Waals surface area contributed by atoms with Crippen LogP contribution in [0, 0.1) is 0 Å². The monoisotopic (exact) mass is 941 g/mol. The summed E-state index contributed by atoms with van der Waals surface area (Å²) in [6.45, 7) is 0. The molecule has 1 spiro atoms. The molecule has 1 aliphatic heterocycles. The average molecular weight is 942 g/mol. The Morgan fingerprint density at radius 2 is 0.743 bits per heavy atom. The van der Waals surface area contributed by atoms with Crippen molar-refractivity contribution >= 4 is 82.1 Å². The molecule has 0 fully saturated rings. The van der Waals surface area contributed by atoms with Gasteiger partial charge in [0.05, 0.1) is 5.41 Å². The molecular formula is C71H43NO2. The van der Waals surface area contributed by atoms with E-state index in [-0.39, 0.29) is 0 Å². The predicted molar refractivity (Wildman–Crippen MR) is 307 cm³/mol. The molecule has 0 atom stereocenters. The van der Waals surface area contributed by atoms with E-state index in [0.717, 1.165) is 72.4 Å². The average Bonchev–Trinajstić information content (AvgIpc) is 4.08. The molecule has 2 aliphatic rings. The van der Waals surface area contributed by atoms with E-state index in [2.05, 4.69) is 254 Å². The van der Waals surface area contributed by atoms with Gasteiger partial charge in [0.15, 0.2) is 0 Å². The van der Waals surface area contributed by atoms with E-state index in [9.17, 15) is 0 Å². The number of rotatable bonds is 5. The van der Waals surface area contributed by atoms with Crippen LogP contribution in [0.2, 0.25) is 0 Å². The van der Waals surface area contributed by atoms with Gasteiger partial charge in [0.1, 0.15) is 22.7 Å². The van der Waals surface area contributed by atoms with Crippen LogP contribution in [0.5, 0.6) is 11.5 Å².